The predicted molar refractivity (Wildman–Crippen MR) is 127 cm³/mol. The summed E-state index contributed by atoms with van der Waals surface area (Å²) in [5.74, 6) is 1.77. The molecule has 1 atom stereocenters. The first kappa shape index (κ1) is 21.0. The maximum atomic E-state index is 10.0. The molecular formula is C25H31N5O2. The molecule has 4 N–H and O–H groups in total. The van der Waals surface area contributed by atoms with Gasteiger partial charge in [0.15, 0.2) is 0 Å². The van der Waals surface area contributed by atoms with Crippen LogP contribution in [0.15, 0.2) is 24.3 Å². The van der Waals surface area contributed by atoms with E-state index in [0.29, 0.717) is 18.7 Å². The van der Waals surface area contributed by atoms with Crippen LogP contribution in [0.25, 0.3) is 23.2 Å². The second-order valence-electron chi connectivity index (χ2n) is 8.87. The number of phenols is 1. The number of nitrogens with one attached hydrogen (secondary N) is 2. The summed E-state index contributed by atoms with van der Waals surface area (Å²) in [5, 5.41) is 26.4. The molecule has 7 heteroatoms. The van der Waals surface area contributed by atoms with E-state index in [1.54, 1.807) is 12.1 Å². The van der Waals surface area contributed by atoms with Crippen molar-refractivity contribution in [2.45, 2.75) is 44.6 Å². The van der Waals surface area contributed by atoms with E-state index >= 15 is 0 Å². The van der Waals surface area contributed by atoms with Crippen molar-refractivity contribution in [1.29, 1.82) is 0 Å². The molecule has 7 nitrogen and oxygen atoms in total. The number of rotatable bonds is 7. The number of hydrogen-bond donors (Lipinski definition) is 4. The molecule has 32 heavy (non-hydrogen) atoms. The van der Waals surface area contributed by atoms with E-state index in [1.165, 1.54) is 32.4 Å². The van der Waals surface area contributed by atoms with Crippen molar-refractivity contribution >= 4 is 29.0 Å². The lowest BCUT2D eigenvalue weighted by atomic mass is 10.1. The number of likely N-dealkylation sites (tertiary alicyclic amines) is 1. The van der Waals surface area contributed by atoms with Gasteiger partial charge in [-0.1, -0.05) is 24.6 Å². The van der Waals surface area contributed by atoms with Crippen LogP contribution in [0.4, 0.5) is 5.82 Å². The van der Waals surface area contributed by atoms with Crippen LogP contribution in [0.3, 0.4) is 0 Å². The molecule has 2 aliphatic rings. The molecule has 2 aromatic heterocycles. The van der Waals surface area contributed by atoms with Gasteiger partial charge in [-0.15, -0.1) is 0 Å². The maximum absolute atomic E-state index is 10.0. The summed E-state index contributed by atoms with van der Waals surface area (Å²) in [7, 11) is 0. The highest BCUT2D eigenvalue weighted by Crippen LogP contribution is 2.19. The van der Waals surface area contributed by atoms with Gasteiger partial charge in [0.25, 0.3) is 0 Å². The van der Waals surface area contributed by atoms with Crippen molar-refractivity contribution in [2.24, 2.45) is 0 Å². The largest absolute Gasteiger partial charge is 0.508 e. The Balaban J connectivity index is 1.42. The predicted octanol–water partition coefficient (Wildman–Crippen LogP) is 1.87. The monoisotopic (exact) mass is 433 g/mol. The quantitative estimate of drug-likeness (QED) is 0.425. The number of aromatic nitrogens is 3. The smallest absolute Gasteiger partial charge is 0.144 e. The topological polar surface area (TPSA) is 97.3 Å². The summed E-state index contributed by atoms with van der Waals surface area (Å²) in [6.45, 7) is 4.38. The van der Waals surface area contributed by atoms with Gasteiger partial charge in [-0.2, -0.15) is 0 Å². The molecule has 1 aliphatic heterocycles. The van der Waals surface area contributed by atoms with Crippen molar-refractivity contribution in [3.05, 3.63) is 46.2 Å². The SMILES string of the molecule is Oc1cccc(Cc2nc(NCCCN3CCCCC3)c3c4c([nH]c3n2)=CC(O)CC=4)c1. The van der Waals surface area contributed by atoms with E-state index in [4.69, 9.17) is 9.97 Å². The summed E-state index contributed by atoms with van der Waals surface area (Å²) < 4.78 is 0. The molecule has 1 unspecified atom stereocenters. The van der Waals surface area contributed by atoms with E-state index in [2.05, 4.69) is 21.3 Å². The van der Waals surface area contributed by atoms with Gasteiger partial charge in [0, 0.05) is 23.5 Å². The van der Waals surface area contributed by atoms with Gasteiger partial charge < -0.3 is 25.4 Å². The zero-order chi connectivity index (χ0) is 21.9. The number of nitrogens with zero attached hydrogens (tertiary/aromatic N) is 3. The van der Waals surface area contributed by atoms with Gasteiger partial charge in [-0.25, -0.2) is 9.97 Å². The van der Waals surface area contributed by atoms with Crippen LogP contribution >= 0.6 is 0 Å². The molecule has 0 saturated carbocycles. The number of piperidine rings is 1. The molecule has 168 valence electrons. The zero-order valence-electron chi connectivity index (χ0n) is 18.3. The number of benzene rings is 1. The summed E-state index contributed by atoms with van der Waals surface area (Å²) in [4.78, 5) is 15.6. The van der Waals surface area contributed by atoms with Gasteiger partial charge in [0.05, 0.1) is 11.5 Å². The molecule has 3 heterocycles. The molecule has 1 saturated heterocycles. The number of aliphatic hydroxyl groups excluding tert-OH is 1. The van der Waals surface area contributed by atoms with E-state index in [9.17, 15) is 10.2 Å². The van der Waals surface area contributed by atoms with E-state index < -0.39 is 6.10 Å². The van der Waals surface area contributed by atoms with Crippen molar-refractivity contribution in [3.63, 3.8) is 0 Å². The molecule has 3 aromatic rings. The van der Waals surface area contributed by atoms with Gasteiger partial charge in [-0.3, -0.25) is 0 Å². The molecule has 1 aromatic carbocycles. The number of fused-ring (bicyclic) bond motifs is 3. The Morgan fingerprint density at radius 1 is 1.16 bits per heavy atom. The molecule has 0 radical (unpaired) electrons. The Hall–Kier alpha value is -2.90. The first-order chi connectivity index (χ1) is 15.7. The van der Waals surface area contributed by atoms with E-state index in [1.807, 2.05) is 18.2 Å². The standard InChI is InChI=1S/C25H31N5O2/c31-18-7-4-6-17(14-18)15-22-28-24(26-10-5-13-30-11-2-1-3-12-30)23-20-9-8-19(32)16-21(20)27-25(23)29-22/h4,6-7,9,14,16,19,31-32H,1-3,5,8,10-13,15H2,(H2,26,27,28,29). The number of aliphatic hydroxyl groups is 1. The summed E-state index contributed by atoms with van der Waals surface area (Å²) in [5.41, 5.74) is 1.74. The Kier molecular flexibility index (Phi) is 6.10. The molecule has 0 bridgehead atoms. The average Bonchev–Trinajstić information content (AvgIpc) is 3.14. The number of hydrogen-bond acceptors (Lipinski definition) is 6. The lowest BCUT2D eigenvalue weighted by Gasteiger charge is -2.26. The molecule has 0 spiro atoms. The molecular weight excluding hydrogens is 402 g/mol. The fourth-order valence-electron chi connectivity index (χ4n) is 4.77. The number of phenolic OH excluding ortho intramolecular Hbond substituents is 1. The van der Waals surface area contributed by atoms with Crippen molar-refractivity contribution in [2.75, 3.05) is 31.5 Å². The highest BCUT2D eigenvalue weighted by molar-refractivity contribution is 5.89. The number of aromatic hydroxyl groups is 1. The Morgan fingerprint density at radius 3 is 2.88 bits per heavy atom. The minimum atomic E-state index is -0.476. The third kappa shape index (κ3) is 4.64. The fraction of sp³-hybridized carbons (Fsp3) is 0.440. The minimum absolute atomic E-state index is 0.244. The number of aromatic amines is 1. The molecule has 5 rings (SSSR count). The molecule has 1 aliphatic carbocycles. The Bertz CT molecular complexity index is 1210. The van der Waals surface area contributed by atoms with Crippen molar-refractivity contribution in [3.8, 4) is 5.75 Å². The van der Waals surface area contributed by atoms with Crippen LogP contribution in [-0.4, -0.2) is 62.3 Å². The van der Waals surface area contributed by atoms with Gasteiger partial charge in [0.2, 0.25) is 0 Å². The zero-order valence-corrected chi connectivity index (χ0v) is 18.3. The normalized spacial score (nSPS) is 18.7. The lowest BCUT2D eigenvalue weighted by Crippen LogP contribution is -2.31. The third-order valence-electron chi connectivity index (χ3n) is 6.36. The maximum Gasteiger partial charge on any atom is 0.144 e. The summed E-state index contributed by atoms with van der Waals surface area (Å²) in [6, 6.07) is 7.22. The molecule has 0 amide bonds. The first-order valence-corrected chi connectivity index (χ1v) is 11.7. The van der Waals surface area contributed by atoms with Crippen molar-refractivity contribution in [1.82, 2.24) is 19.9 Å². The van der Waals surface area contributed by atoms with Gasteiger partial charge in [0.1, 0.15) is 23.0 Å². The second kappa shape index (κ2) is 9.30. The van der Waals surface area contributed by atoms with Crippen LogP contribution in [0, 0.1) is 0 Å². The van der Waals surface area contributed by atoms with E-state index in [-0.39, 0.29) is 5.75 Å². The lowest BCUT2D eigenvalue weighted by molar-refractivity contribution is 0.228. The number of H-pyrrole nitrogens is 1. The van der Waals surface area contributed by atoms with Gasteiger partial charge in [-0.05, 0) is 69.1 Å². The van der Waals surface area contributed by atoms with Crippen molar-refractivity contribution < 1.29 is 10.2 Å². The van der Waals surface area contributed by atoms with Crippen LogP contribution in [0.2, 0.25) is 0 Å². The van der Waals surface area contributed by atoms with Crippen LogP contribution in [0.1, 0.15) is 43.5 Å². The third-order valence-corrected chi connectivity index (χ3v) is 6.36. The van der Waals surface area contributed by atoms with Crippen LogP contribution in [0.5, 0.6) is 5.75 Å². The average molecular weight is 434 g/mol. The summed E-state index contributed by atoms with van der Waals surface area (Å²) >= 11 is 0. The van der Waals surface area contributed by atoms with Gasteiger partial charge >= 0.3 is 0 Å². The highest BCUT2D eigenvalue weighted by Gasteiger charge is 2.16. The summed E-state index contributed by atoms with van der Waals surface area (Å²) in [6.07, 6.45) is 9.62. The Labute approximate surface area is 187 Å². The fourth-order valence-corrected chi connectivity index (χ4v) is 4.77. The second-order valence-corrected chi connectivity index (χ2v) is 8.87. The van der Waals surface area contributed by atoms with E-state index in [0.717, 1.165) is 52.5 Å². The highest BCUT2D eigenvalue weighted by atomic mass is 16.3. The Morgan fingerprint density at radius 2 is 2.03 bits per heavy atom. The van der Waals surface area contributed by atoms with Crippen LogP contribution in [-0.2, 0) is 6.42 Å². The molecule has 1 fully saturated rings. The van der Waals surface area contributed by atoms with Crippen LogP contribution < -0.4 is 15.9 Å². The first-order valence-electron chi connectivity index (χ1n) is 11.7. The number of anilines is 1. The minimum Gasteiger partial charge on any atom is -0.508 e.